The van der Waals surface area contributed by atoms with Crippen LogP contribution in [0.3, 0.4) is 0 Å². The Balaban J connectivity index is 1.64. The average molecular weight is 456 g/mol. The number of rotatable bonds is 3. The quantitative estimate of drug-likeness (QED) is 0.550. The number of hydrogen-bond acceptors (Lipinski definition) is 5. The van der Waals surface area contributed by atoms with Gasteiger partial charge in [-0.25, -0.2) is 5.43 Å². The molecular formula is C16H12Br2N2O4. The first-order chi connectivity index (χ1) is 11.5. The van der Waals surface area contributed by atoms with Crippen molar-refractivity contribution in [2.45, 2.75) is 6.10 Å². The lowest BCUT2D eigenvalue weighted by Gasteiger charge is -2.24. The lowest BCUT2D eigenvalue weighted by atomic mass is 10.2. The Morgan fingerprint density at radius 1 is 1.29 bits per heavy atom. The van der Waals surface area contributed by atoms with Crippen molar-refractivity contribution in [1.82, 2.24) is 5.43 Å². The fourth-order valence-corrected chi connectivity index (χ4v) is 3.33. The van der Waals surface area contributed by atoms with E-state index in [0.717, 1.165) is 4.47 Å². The summed E-state index contributed by atoms with van der Waals surface area (Å²) in [5.74, 6) is 0.715. The molecule has 0 unspecified atom stereocenters. The number of hydrogen-bond donors (Lipinski definition) is 2. The molecule has 0 saturated carbocycles. The van der Waals surface area contributed by atoms with Crippen LogP contribution in [0.5, 0.6) is 17.2 Å². The van der Waals surface area contributed by atoms with Gasteiger partial charge in [-0.1, -0.05) is 28.1 Å². The molecule has 0 spiro atoms. The molecular weight excluding hydrogens is 444 g/mol. The van der Waals surface area contributed by atoms with Crippen LogP contribution in [0.2, 0.25) is 0 Å². The Kier molecular flexibility index (Phi) is 5.06. The summed E-state index contributed by atoms with van der Waals surface area (Å²) < 4.78 is 12.3. The lowest BCUT2D eigenvalue weighted by Crippen LogP contribution is -2.42. The van der Waals surface area contributed by atoms with Crippen LogP contribution in [0, 0.1) is 0 Å². The van der Waals surface area contributed by atoms with E-state index in [9.17, 15) is 9.90 Å². The maximum atomic E-state index is 12.1. The van der Waals surface area contributed by atoms with E-state index in [1.165, 1.54) is 6.21 Å². The molecule has 0 aromatic heterocycles. The molecule has 1 aliphatic heterocycles. The summed E-state index contributed by atoms with van der Waals surface area (Å²) in [6.07, 6.45) is 0.556. The minimum atomic E-state index is -0.792. The zero-order valence-corrected chi connectivity index (χ0v) is 15.4. The fraction of sp³-hybridized carbons (Fsp3) is 0.125. The van der Waals surface area contributed by atoms with Crippen molar-refractivity contribution in [3.05, 3.63) is 50.9 Å². The fourth-order valence-electron chi connectivity index (χ4n) is 2.07. The molecule has 0 bridgehead atoms. The van der Waals surface area contributed by atoms with Crippen LogP contribution < -0.4 is 14.9 Å². The third-order valence-electron chi connectivity index (χ3n) is 3.24. The molecule has 2 N–H and O–H groups in total. The highest BCUT2D eigenvalue weighted by atomic mass is 79.9. The maximum Gasteiger partial charge on any atom is 0.284 e. The second-order valence-corrected chi connectivity index (χ2v) is 6.69. The Morgan fingerprint density at radius 2 is 2.04 bits per heavy atom. The van der Waals surface area contributed by atoms with E-state index in [-0.39, 0.29) is 12.4 Å². The monoisotopic (exact) mass is 454 g/mol. The number of fused-ring (bicyclic) bond motifs is 1. The molecule has 2 aromatic rings. The second-order valence-electron chi connectivity index (χ2n) is 4.92. The van der Waals surface area contributed by atoms with Gasteiger partial charge in [-0.15, -0.1) is 0 Å². The van der Waals surface area contributed by atoms with Crippen LogP contribution >= 0.6 is 31.9 Å². The number of ether oxygens (including phenoxy) is 2. The van der Waals surface area contributed by atoms with Gasteiger partial charge in [-0.2, -0.15) is 5.10 Å². The van der Waals surface area contributed by atoms with Crippen LogP contribution in [0.1, 0.15) is 5.56 Å². The predicted molar refractivity (Wildman–Crippen MR) is 95.6 cm³/mol. The molecule has 24 heavy (non-hydrogen) atoms. The highest BCUT2D eigenvalue weighted by Gasteiger charge is 2.27. The van der Waals surface area contributed by atoms with Gasteiger partial charge in [-0.3, -0.25) is 4.79 Å². The smallest absolute Gasteiger partial charge is 0.284 e. The van der Waals surface area contributed by atoms with Gasteiger partial charge >= 0.3 is 0 Å². The van der Waals surface area contributed by atoms with E-state index >= 15 is 0 Å². The molecule has 1 atom stereocenters. The summed E-state index contributed by atoms with van der Waals surface area (Å²) in [6, 6.07) is 10.5. The summed E-state index contributed by atoms with van der Waals surface area (Å²) in [4.78, 5) is 12.1. The molecule has 1 aliphatic rings. The third kappa shape index (κ3) is 3.70. The number of halogens is 2. The highest BCUT2D eigenvalue weighted by Crippen LogP contribution is 2.31. The molecule has 0 aliphatic carbocycles. The molecule has 0 saturated heterocycles. The minimum absolute atomic E-state index is 0.0300. The Bertz CT molecular complexity index is 811. The number of hydrazone groups is 1. The summed E-state index contributed by atoms with van der Waals surface area (Å²) >= 11 is 6.55. The summed E-state index contributed by atoms with van der Waals surface area (Å²) in [5.41, 5.74) is 2.83. The minimum Gasteiger partial charge on any atom is -0.506 e. The van der Waals surface area contributed by atoms with Gasteiger partial charge in [0.1, 0.15) is 12.4 Å². The highest BCUT2D eigenvalue weighted by molar-refractivity contribution is 9.11. The van der Waals surface area contributed by atoms with Gasteiger partial charge in [0.15, 0.2) is 11.5 Å². The van der Waals surface area contributed by atoms with Crippen molar-refractivity contribution in [3.63, 3.8) is 0 Å². The number of carbonyl (C=O) groups is 1. The van der Waals surface area contributed by atoms with Crippen molar-refractivity contribution in [2.24, 2.45) is 5.10 Å². The average Bonchev–Trinajstić information content (AvgIpc) is 2.58. The van der Waals surface area contributed by atoms with E-state index in [1.54, 1.807) is 30.3 Å². The van der Waals surface area contributed by atoms with Crippen molar-refractivity contribution >= 4 is 44.0 Å². The molecule has 0 radical (unpaired) electrons. The van der Waals surface area contributed by atoms with E-state index in [0.29, 0.717) is 21.5 Å². The SMILES string of the molecule is O=C(N/N=C\c1cc(Br)cc(Br)c1O)[C@H]1COc2ccccc2O1. The van der Waals surface area contributed by atoms with Crippen LogP contribution in [-0.4, -0.2) is 29.9 Å². The maximum absolute atomic E-state index is 12.1. The Morgan fingerprint density at radius 3 is 2.83 bits per heavy atom. The summed E-state index contributed by atoms with van der Waals surface area (Å²) in [6.45, 7) is 0.103. The van der Waals surface area contributed by atoms with E-state index in [4.69, 9.17) is 9.47 Å². The zero-order valence-electron chi connectivity index (χ0n) is 12.2. The van der Waals surface area contributed by atoms with Crippen LogP contribution in [0.4, 0.5) is 0 Å². The molecule has 1 heterocycles. The second kappa shape index (κ2) is 7.23. The lowest BCUT2D eigenvalue weighted by molar-refractivity contribution is -0.130. The number of phenols is 1. The first-order valence-corrected chi connectivity index (χ1v) is 8.52. The largest absolute Gasteiger partial charge is 0.506 e. The molecule has 3 rings (SSSR count). The van der Waals surface area contributed by atoms with Gasteiger partial charge in [0, 0.05) is 10.0 Å². The number of benzene rings is 2. The molecule has 2 aromatic carbocycles. The van der Waals surface area contributed by atoms with Crippen molar-refractivity contribution < 1.29 is 19.4 Å². The molecule has 0 fully saturated rings. The van der Waals surface area contributed by atoms with E-state index in [2.05, 4.69) is 42.4 Å². The van der Waals surface area contributed by atoms with Crippen molar-refractivity contribution in [1.29, 1.82) is 0 Å². The number of nitrogens with one attached hydrogen (secondary N) is 1. The number of nitrogens with zero attached hydrogens (tertiary/aromatic N) is 1. The number of amides is 1. The van der Waals surface area contributed by atoms with Crippen LogP contribution in [-0.2, 0) is 4.79 Å². The number of para-hydroxylation sites is 2. The zero-order chi connectivity index (χ0) is 17.1. The first-order valence-electron chi connectivity index (χ1n) is 6.94. The predicted octanol–water partition coefficient (Wildman–Crippen LogP) is 3.21. The standard InChI is InChI=1S/C16H12Br2N2O4/c17-10-5-9(15(21)11(18)6-10)7-19-20-16(22)14-8-23-12-3-1-2-4-13(12)24-14/h1-7,14,21H,8H2,(H,20,22)/b19-7-/t14-/m1/s1. The topological polar surface area (TPSA) is 80.2 Å². The first kappa shape index (κ1) is 16.8. The molecule has 1 amide bonds. The molecule has 6 nitrogen and oxygen atoms in total. The van der Waals surface area contributed by atoms with Crippen LogP contribution in [0.15, 0.2) is 50.4 Å². The molecule has 124 valence electrons. The van der Waals surface area contributed by atoms with E-state index < -0.39 is 12.0 Å². The molecule has 8 heteroatoms. The Labute approximate surface area is 154 Å². The van der Waals surface area contributed by atoms with E-state index in [1.807, 2.05) is 6.07 Å². The van der Waals surface area contributed by atoms with Gasteiger partial charge in [0.25, 0.3) is 5.91 Å². The normalized spacial score (nSPS) is 16.2. The van der Waals surface area contributed by atoms with Gasteiger partial charge in [0.2, 0.25) is 6.10 Å². The Hall–Kier alpha value is -2.06. The number of aromatic hydroxyl groups is 1. The number of carbonyl (C=O) groups excluding carboxylic acids is 1. The van der Waals surface area contributed by atoms with Gasteiger partial charge in [0.05, 0.1) is 10.7 Å². The van der Waals surface area contributed by atoms with Crippen LogP contribution in [0.25, 0.3) is 0 Å². The van der Waals surface area contributed by atoms with Gasteiger partial charge < -0.3 is 14.6 Å². The third-order valence-corrected chi connectivity index (χ3v) is 4.30. The van der Waals surface area contributed by atoms with Gasteiger partial charge in [-0.05, 0) is 40.2 Å². The number of phenolic OH excluding ortho intramolecular Hbond substituents is 1. The van der Waals surface area contributed by atoms with Crippen molar-refractivity contribution in [3.8, 4) is 17.2 Å². The summed E-state index contributed by atoms with van der Waals surface area (Å²) in [5, 5.41) is 13.8. The summed E-state index contributed by atoms with van der Waals surface area (Å²) in [7, 11) is 0. The van der Waals surface area contributed by atoms with Crippen molar-refractivity contribution in [2.75, 3.05) is 6.61 Å².